The number of aryl methyl sites for hydroxylation is 1. The Balaban J connectivity index is 0.00000121. The molecule has 1 aromatic carbocycles. The molecule has 0 aliphatic rings. The SMILES string of the molecule is Cc1ccc(S(=O)(=O)[O-])cc1.[Na+]. The average molecular weight is 194 g/mol. The third-order valence-electron chi connectivity index (χ3n) is 1.31. The summed E-state index contributed by atoms with van der Waals surface area (Å²) >= 11 is 0. The van der Waals surface area contributed by atoms with Gasteiger partial charge in [0, 0.05) is 0 Å². The van der Waals surface area contributed by atoms with Gasteiger partial charge >= 0.3 is 29.6 Å². The van der Waals surface area contributed by atoms with Crippen molar-refractivity contribution < 1.29 is 42.5 Å². The molecule has 5 heteroatoms. The molecule has 0 aliphatic carbocycles. The fourth-order valence-corrected chi connectivity index (χ4v) is 1.17. The summed E-state index contributed by atoms with van der Waals surface area (Å²) in [6, 6.07) is 5.78. The molecule has 1 rings (SSSR count). The standard InChI is InChI=1S/C7H8O3S.Na/c1-6-2-4-7(5-3-6)11(8,9)10;/h2-5H,1H3,(H,8,9,10);/q;+1/p-1. The van der Waals surface area contributed by atoms with E-state index in [1.54, 1.807) is 12.1 Å². The molecule has 0 radical (unpaired) electrons. The topological polar surface area (TPSA) is 57.2 Å². The summed E-state index contributed by atoms with van der Waals surface area (Å²) < 4.78 is 31.2. The molecule has 0 atom stereocenters. The zero-order valence-corrected chi connectivity index (χ0v) is 9.76. The fourth-order valence-electron chi connectivity index (χ4n) is 0.705. The quantitative estimate of drug-likeness (QED) is 0.380. The Hall–Kier alpha value is 0.130. The van der Waals surface area contributed by atoms with Gasteiger partial charge in [0.1, 0.15) is 10.1 Å². The van der Waals surface area contributed by atoms with Crippen LogP contribution in [0.15, 0.2) is 29.2 Å². The molecule has 0 N–H and O–H groups in total. The Morgan fingerprint density at radius 2 is 1.58 bits per heavy atom. The van der Waals surface area contributed by atoms with Gasteiger partial charge < -0.3 is 4.55 Å². The van der Waals surface area contributed by atoms with Gasteiger partial charge in [0.2, 0.25) is 0 Å². The van der Waals surface area contributed by atoms with E-state index in [2.05, 4.69) is 0 Å². The molecule has 0 amide bonds. The van der Waals surface area contributed by atoms with Crippen LogP contribution in [0.3, 0.4) is 0 Å². The van der Waals surface area contributed by atoms with Crippen LogP contribution in [0.5, 0.6) is 0 Å². The third kappa shape index (κ3) is 3.25. The molecule has 0 saturated carbocycles. The molecule has 0 spiro atoms. The van der Waals surface area contributed by atoms with Crippen molar-refractivity contribution in [3.8, 4) is 0 Å². The first-order valence-corrected chi connectivity index (χ1v) is 4.43. The van der Waals surface area contributed by atoms with Gasteiger partial charge in [0.15, 0.2) is 0 Å². The Labute approximate surface area is 93.8 Å². The molecular formula is C7H7NaO3S. The predicted octanol–water partition coefficient (Wildman–Crippen LogP) is -2.10. The van der Waals surface area contributed by atoms with Gasteiger partial charge in [-0.15, -0.1) is 0 Å². The van der Waals surface area contributed by atoms with Crippen LogP contribution < -0.4 is 29.6 Å². The molecule has 0 unspecified atom stereocenters. The minimum absolute atomic E-state index is 0. The molecular weight excluding hydrogens is 187 g/mol. The Morgan fingerprint density at radius 3 is 1.92 bits per heavy atom. The molecule has 0 aromatic heterocycles. The third-order valence-corrected chi connectivity index (χ3v) is 2.16. The first-order valence-electron chi connectivity index (χ1n) is 3.03. The van der Waals surface area contributed by atoms with Gasteiger partial charge in [0.05, 0.1) is 4.90 Å². The maximum absolute atomic E-state index is 10.4. The van der Waals surface area contributed by atoms with Crippen molar-refractivity contribution in [3.05, 3.63) is 29.8 Å². The second-order valence-corrected chi connectivity index (χ2v) is 3.65. The summed E-state index contributed by atoms with van der Waals surface area (Å²) in [6.07, 6.45) is 0. The number of hydrogen-bond acceptors (Lipinski definition) is 3. The summed E-state index contributed by atoms with van der Waals surface area (Å²) in [7, 11) is -4.27. The van der Waals surface area contributed by atoms with Crippen LogP contribution in [0, 0.1) is 6.92 Å². The van der Waals surface area contributed by atoms with Crippen LogP contribution in [0.25, 0.3) is 0 Å². The molecule has 3 nitrogen and oxygen atoms in total. The number of benzene rings is 1. The fraction of sp³-hybridized carbons (Fsp3) is 0.143. The van der Waals surface area contributed by atoms with Crippen molar-refractivity contribution in [2.24, 2.45) is 0 Å². The molecule has 0 heterocycles. The normalized spacial score (nSPS) is 10.5. The van der Waals surface area contributed by atoms with E-state index in [4.69, 9.17) is 0 Å². The van der Waals surface area contributed by atoms with E-state index in [9.17, 15) is 13.0 Å². The van der Waals surface area contributed by atoms with E-state index in [-0.39, 0.29) is 34.5 Å². The summed E-state index contributed by atoms with van der Waals surface area (Å²) in [5.41, 5.74) is 0.928. The molecule has 0 bridgehead atoms. The minimum Gasteiger partial charge on any atom is -0.744 e. The monoisotopic (exact) mass is 194 g/mol. The smallest absolute Gasteiger partial charge is 0.744 e. The Morgan fingerprint density at radius 1 is 1.17 bits per heavy atom. The zero-order valence-electron chi connectivity index (χ0n) is 6.94. The van der Waals surface area contributed by atoms with Crippen LogP contribution >= 0.6 is 0 Å². The van der Waals surface area contributed by atoms with Crippen molar-refractivity contribution in [1.29, 1.82) is 0 Å². The van der Waals surface area contributed by atoms with Gasteiger partial charge in [-0.3, -0.25) is 0 Å². The molecule has 0 fully saturated rings. The summed E-state index contributed by atoms with van der Waals surface area (Å²) in [6.45, 7) is 1.82. The Kier molecular flexibility index (Phi) is 4.44. The van der Waals surface area contributed by atoms with Gasteiger partial charge in [-0.2, -0.15) is 0 Å². The number of hydrogen-bond donors (Lipinski definition) is 0. The second-order valence-electron chi connectivity index (χ2n) is 2.27. The predicted molar refractivity (Wildman–Crippen MR) is 39.1 cm³/mol. The van der Waals surface area contributed by atoms with Crippen molar-refractivity contribution in [3.63, 3.8) is 0 Å². The van der Waals surface area contributed by atoms with Crippen molar-refractivity contribution in [1.82, 2.24) is 0 Å². The van der Waals surface area contributed by atoms with Crippen LogP contribution in [-0.2, 0) is 10.1 Å². The summed E-state index contributed by atoms with van der Waals surface area (Å²) in [4.78, 5) is -0.178. The van der Waals surface area contributed by atoms with Crippen molar-refractivity contribution in [2.75, 3.05) is 0 Å². The molecule has 60 valence electrons. The summed E-state index contributed by atoms with van der Waals surface area (Å²) in [5, 5.41) is 0. The summed E-state index contributed by atoms with van der Waals surface area (Å²) in [5.74, 6) is 0. The van der Waals surface area contributed by atoms with E-state index < -0.39 is 10.1 Å². The Bertz CT molecular complexity index is 341. The molecule has 0 saturated heterocycles. The molecule has 0 aliphatic heterocycles. The van der Waals surface area contributed by atoms with Crippen LogP contribution in [0.2, 0.25) is 0 Å². The number of rotatable bonds is 1. The van der Waals surface area contributed by atoms with E-state index in [1.165, 1.54) is 12.1 Å². The first kappa shape index (κ1) is 12.1. The van der Waals surface area contributed by atoms with Crippen LogP contribution in [-0.4, -0.2) is 13.0 Å². The van der Waals surface area contributed by atoms with Crippen LogP contribution in [0.1, 0.15) is 5.56 Å². The van der Waals surface area contributed by atoms with Crippen LogP contribution in [0.4, 0.5) is 0 Å². The van der Waals surface area contributed by atoms with Gasteiger partial charge in [-0.05, 0) is 19.1 Å². The molecule has 12 heavy (non-hydrogen) atoms. The maximum Gasteiger partial charge on any atom is 1.00 e. The van der Waals surface area contributed by atoms with E-state index in [0.29, 0.717) is 0 Å². The maximum atomic E-state index is 10.4. The molecule has 1 aromatic rings. The van der Waals surface area contributed by atoms with Crippen molar-refractivity contribution in [2.45, 2.75) is 11.8 Å². The van der Waals surface area contributed by atoms with E-state index >= 15 is 0 Å². The van der Waals surface area contributed by atoms with Crippen molar-refractivity contribution >= 4 is 10.1 Å². The second kappa shape index (κ2) is 4.39. The van der Waals surface area contributed by atoms with Gasteiger partial charge in [-0.25, -0.2) is 8.42 Å². The average Bonchev–Trinajstić information content (AvgIpc) is 1.86. The first-order chi connectivity index (χ1) is 5.00. The van der Waals surface area contributed by atoms with Gasteiger partial charge in [-0.1, -0.05) is 17.7 Å². The minimum atomic E-state index is -4.27. The zero-order chi connectivity index (χ0) is 8.48. The van der Waals surface area contributed by atoms with E-state index in [1.807, 2.05) is 6.92 Å². The largest absolute Gasteiger partial charge is 1.00 e. The van der Waals surface area contributed by atoms with Gasteiger partial charge in [0.25, 0.3) is 0 Å². The van der Waals surface area contributed by atoms with E-state index in [0.717, 1.165) is 5.56 Å².